The van der Waals surface area contributed by atoms with Crippen molar-refractivity contribution >= 4 is 17.6 Å². The highest BCUT2D eigenvalue weighted by Crippen LogP contribution is 2.32. The lowest BCUT2D eigenvalue weighted by Gasteiger charge is -2.37. The molecule has 0 heterocycles. The highest BCUT2D eigenvalue weighted by molar-refractivity contribution is 5.94. The summed E-state index contributed by atoms with van der Waals surface area (Å²) in [7, 11) is 1.34. The minimum atomic E-state index is -0.450. The quantitative estimate of drug-likeness (QED) is 0.837. The maximum atomic E-state index is 12.4. The van der Waals surface area contributed by atoms with Crippen molar-refractivity contribution in [3.63, 3.8) is 0 Å². The Labute approximate surface area is 124 Å². The number of benzene rings is 1. The normalized spacial score (nSPS) is 25.2. The molecule has 2 atom stereocenters. The Kier molecular flexibility index (Phi) is 4.63. The molecule has 1 aromatic rings. The van der Waals surface area contributed by atoms with Crippen molar-refractivity contribution in [2.75, 3.05) is 12.4 Å². The van der Waals surface area contributed by atoms with Crippen LogP contribution in [0.5, 0.6) is 0 Å². The van der Waals surface area contributed by atoms with Gasteiger partial charge >= 0.3 is 5.97 Å². The number of methoxy groups -OCH3 is 1. The molecule has 0 aliphatic heterocycles. The minimum absolute atomic E-state index is 0.0504. The van der Waals surface area contributed by atoms with Crippen LogP contribution in [-0.2, 0) is 9.53 Å². The molecule has 0 aromatic heterocycles. The van der Waals surface area contributed by atoms with Crippen LogP contribution in [0.3, 0.4) is 0 Å². The van der Waals surface area contributed by atoms with Gasteiger partial charge in [0.1, 0.15) is 0 Å². The van der Waals surface area contributed by atoms with E-state index in [2.05, 4.69) is 10.1 Å². The molecule has 1 aliphatic carbocycles. The second-order valence-corrected chi connectivity index (χ2v) is 5.86. The van der Waals surface area contributed by atoms with E-state index in [4.69, 9.17) is 5.73 Å². The second kappa shape index (κ2) is 6.26. The van der Waals surface area contributed by atoms with Crippen LogP contribution in [0.25, 0.3) is 0 Å². The van der Waals surface area contributed by atoms with Crippen molar-refractivity contribution in [1.82, 2.24) is 0 Å². The SMILES string of the molecule is COC(=O)c1ccc(NC(=O)C2CCCCC2(C)N)cc1. The molecule has 2 unspecified atom stereocenters. The molecule has 0 spiro atoms. The Hall–Kier alpha value is -1.88. The number of amides is 1. The number of nitrogens with one attached hydrogen (secondary N) is 1. The van der Waals surface area contributed by atoms with E-state index in [9.17, 15) is 9.59 Å². The molecule has 1 aromatic carbocycles. The fourth-order valence-electron chi connectivity index (χ4n) is 2.83. The lowest BCUT2D eigenvalue weighted by molar-refractivity contribution is -0.122. The molecule has 5 heteroatoms. The van der Waals surface area contributed by atoms with E-state index in [0.717, 1.165) is 25.7 Å². The Morgan fingerprint density at radius 3 is 2.52 bits per heavy atom. The van der Waals surface area contributed by atoms with Crippen LogP contribution in [0.4, 0.5) is 5.69 Å². The first kappa shape index (κ1) is 15.5. The molecule has 114 valence electrons. The zero-order valence-corrected chi connectivity index (χ0v) is 12.5. The molecule has 5 nitrogen and oxygen atoms in total. The molecule has 1 amide bonds. The van der Waals surface area contributed by atoms with Gasteiger partial charge in [-0.25, -0.2) is 4.79 Å². The van der Waals surface area contributed by atoms with Crippen LogP contribution in [0.1, 0.15) is 43.0 Å². The lowest BCUT2D eigenvalue weighted by Crippen LogP contribution is -2.51. The van der Waals surface area contributed by atoms with Crippen LogP contribution in [0.15, 0.2) is 24.3 Å². The van der Waals surface area contributed by atoms with Crippen molar-refractivity contribution < 1.29 is 14.3 Å². The molecular weight excluding hydrogens is 268 g/mol. The minimum Gasteiger partial charge on any atom is -0.465 e. The van der Waals surface area contributed by atoms with Crippen molar-refractivity contribution in [3.05, 3.63) is 29.8 Å². The van der Waals surface area contributed by atoms with E-state index in [0.29, 0.717) is 11.3 Å². The molecule has 1 aliphatic rings. The number of nitrogens with two attached hydrogens (primary N) is 1. The third kappa shape index (κ3) is 3.61. The number of esters is 1. The molecule has 0 saturated heterocycles. The van der Waals surface area contributed by atoms with Gasteiger partial charge in [0.05, 0.1) is 18.6 Å². The maximum absolute atomic E-state index is 12.4. The topological polar surface area (TPSA) is 81.4 Å². The summed E-state index contributed by atoms with van der Waals surface area (Å²) in [6.45, 7) is 1.94. The smallest absolute Gasteiger partial charge is 0.337 e. The van der Waals surface area contributed by atoms with Crippen molar-refractivity contribution in [1.29, 1.82) is 0 Å². The molecule has 1 saturated carbocycles. The van der Waals surface area contributed by atoms with E-state index in [1.165, 1.54) is 7.11 Å². The molecular formula is C16H22N2O3. The summed E-state index contributed by atoms with van der Waals surface area (Å²) in [4.78, 5) is 23.7. The Balaban J connectivity index is 2.04. The van der Waals surface area contributed by atoms with Gasteiger partial charge in [-0.3, -0.25) is 4.79 Å². The highest BCUT2D eigenvalue weighted by Gasteiger charge is 2.37. The first-order valence-corrected chi connectivity index (χ1v) is 7.22. The number of carbonyl (C=O) groups excluding carboxylic acids is 2. The third-order valence-corrected chi connectivity index (χ3v) is 4.14. The number of hydrogen-bond acceptors (Lipinski definition) is 4. The number of rotatable bonds is 3. The van der Waals surface area contributed by atoms with Gasteiger partial charge in [-0.2, -0.15) is 0 Å². The zero-order chi connectivity index (χ0) is 15.5. The Morgan fingerprint density at radius 1 is 1.29 bits per heavy atom. The van der Waals surface area contributed by atoms with E-state index in [-0.39, 0.29) is 11.8 Å². The summed E-state index contributed by atoms with van der Waals surface area (Å²) >= 11 is 0. The number of hydrogen-bond donors (Lipinski definition) is 2. The van der Waals surface area contributed by atoms with E-state index in [1.54, 1.807) is 24.3 Å². The van der Waals surface area contributed by atoms with Crippen molar-refractivity contribution in [3.8, 4) is 0 Å². The summed E-state index contributed by atoms with van der Waals surface area (Å²) in [5.74, 6) is -0.619. The second-order valence-electron chi connectivity index (χ2n) is 5.86. The molecule has 21 heavy (non-hydrogen) atoms. The Bertz CT molecular complexity index is 523. The van der Waals surface area contributed by atoms with Crippen LogP contribution in [0, 0.1) is 5.92 Å². The fraction of sp³-hybridized carbons (Fsp3) is 0.500. The standard InChI is InChI=1S/C16H22N2O3/c1-16(17)10-4-3-5-13(16)14(19)18-12-8-6-11(7-9-12)15(20)21-2/h6-9,13H,3-5,10,17H2,1-2H3,(H,18,19). The van der Waals surface area contributed by atoms with Gasteiger partial charge in [0.25, 0.3) is 0 Å². The summed E-state index contributed by atoms with van der Waals surface area (Å²) < 4.78 is 4.64. The average Bonchev–Trinajstić information content (AvgIpc) is 2.46. The molecule has 1 fully saturated rings. The van der Waals surface area contributed by atoms with Gasteiger partial charge in [0, 0.05) is 11.2 Å². The molecule has 0 radical (unpaired) electrons. The third-order valence-electron chi connectivity index (χ3n) is 4.14. The van der Waals surface area contributed by atoms with Crippen molar-refractivity contribution in [2.45, 2.75) is 38.1 Å². The van der Waals surface area contributed by atoms with Crippen molar-refractivity contribution in [2.24, 2.45) is 11.7 Å². The highest BCUT2D eigenvalue weighted by atomic mass is 16.5. The van der Waals surface area contributed by atoms with Crippen LogP contribution in [-0.4, -0.2) is 24.5 Å². The summed E-state index contributed by atoms with van der Waals surface area (Å²) in [6, 6.07) is 6.65. The van der Waals surface area contributed by atoms with E-state index >= 15 is 0 Å². The average molecular weight is 290 g/mol. The molecule has 0 bridgehead atoms. The number of ether oxygens (including phenoxy) is 1. The Morgan fingerprint density at radius 2 is 1.95 bits per heavy atom. The number of anilines is 1. The van der Waals surface area contributed by atoms with Crippen LogP contribution < -0.4 is 11.1 Å². The first-order chi connectivity index (χ1) is 9.94. The predicted molar refractivity (Wildman–Crippen MR) is 81.0 cm³/mol. The summed E-state index contributed by atoms with van der Waals surface area (Å²) in [6.07, 6.45) is 3.79. The monoisotopic (exact) mass is 290 g/mol. The molecule has 3 N–H and O–H groups in total. The van der Waals surface area contributed by atoms with E-state index in [1.807, 2.05) is 6.92 Å². The van der Waals surface area contributed by atoms with Gasteiger partial charge in [0.15, 0.2) is 0 Å². The van der Waals surface area contributed by atoms with Gasteiger partial charge in [0.2, 0.25) is 5.91 Å². The number of carbonyl (C=O) groups is 2. The zero-order valence-electron chi connectivity index (χ0n) is 12.5. The maximum Gasteiger partial charge on any atom is 0.337 e. The molecule has 2 rings (SSSR count). The summed E-state index contributed by atoms with van der Waals surface area (Å²) in [5, 5.41) is 2.88. The van der Waals surface area contributed by atoms with Crippen LogP contribution in [0.2, 0.25) is 0 Å². The predicted octanol–water partition coefficient (Wildman–Crippen LogP) is 2.32. The van der Waals surface area contributed by atoms with E-state index < -0.39 is 11.5 Å². The van der Waals surface area contributed by atoms with Gasteiger partial charge < -0.3 is 15.8 Å². The lowest BCUT2D eigenvalue weighted by atomic mass is 9.74. The van der Waals surface area contributed by atoms with Crippen LogP contribution >= 0.6 is 0 Å². The van der Waals surface area contributed by atoms with Gasteiger partial charge in [-0.1, -0.05) is 12.8 Å². The fourth-order valence-corrected chi connectivity index (χ4v) is 2.83. The largest absolute Gasteiger partial charge is 0.465 e. The van der Waals surface area contributed by atoms with Gasteiger partial charge in [-0.05, 0) is 44.0 Å². The van der Waals surface area contributed by atoms with Gasteiger partial charge in [-0.15, -0.1) is 0 Å². The summed E-state index contributed by atoms with van der Waals surface area (Å²) in [5.41, 5.74) is 6.90. The first-order valence-electron chi connectivity index (χ1n) is 7.22.